The lowest BCUT2D eigenvalue weighted by atomic mass is 10.0. The normalized spacial score (nSPS) is 23.3. The number of methoxy groups -OCH3 is 1. The fraction of sp³-hybridized carbons (Fsp3) is 0.333. The molecule has 2 aromatic carbocycles. The van der Waals surface area contributed by atoms with Crippen LogP contribution in [0.1, 0.15) is 33.6 Å². The Kier molecular flexibility index (Phi) is 4.79. The van der Waals surface area contributed by atoms with Gasteiger partial charge in [0.2, 0.25) is 0 Å². The Morgan fingerprint density at radius 1 is 1.15 bits per heavy atom. The van der Waals surface area contributed by atoms with Crippen LogP contribution >= 0.6 is 11.6 Å². The summed E-state index contributed by atoms with van der Waals surface area (Å²) >= 11 is 6.01. The summed E-state index contributed by atoms with van der Waals surface area (Å²) in [6.07, 6.45) is 1.83. The van der Waals surface area contributed by atoms with Gasteiger partial charge in [0.25, 0.3) is 11.8 Å². The zero-order valence-corrected chi connectivity index (χ0v) is 15.8. The molecular formula is C21H21ClN2O3. The molecule has 5 nitrogen and oxygen atoms in total. The van der Waals surface area contributed by atoms with Gasteiger partial charge in [-0.2, -0.15) is 0 Å². The second-order valence-electron chi connectivity index (χ2n) is 7.15. The first-order valence-electron chi connectivity index (χ1n) is 9.07. The van der Waals surface area contributed by atoms with Crippen LogP contribution in [0.25, 0.3) is 0 Å². The lowest BCUT2D eigenvalue weighted by Gasteiger charge is -2.34. The molecule has 1 N–H and O–H groups in total. The average molecular weight is 385 g/mol. The highest BCUT2D eigenvalue weighted by molar-refractivity contribution is 6.30. The quantitative estimate of drug-likeness (QED) is 0.879. The summed E-state index contributed by atoms with van der Waals surface area (Å²) < 4.78 is 5.33. The molecule has 1 heterocycles. The Hall–Kier alpha value is -2.53. The number of likely N-dealkylation sites (tertiary alicyclic amines) is 1. The molecule has 27 heavy (non-hydrogen) atoms. The van der Waals surface area contributed by atoms with Gasteiger partial charge >= 0.3 is 0 Å². The maximum Gasteiger partial charge on any atom is 0.257 e. The first kappa shape index (κ1) is 17.9. The van der Waals surface area contributed by atoms with Gasteiger partial charge < -0.3 is 15.0 Å². The third kappa shape index (κ3) is 3.39. The summed E-state index contributed by atoms with van der Waals surface area (Å²) in [6, 6.07) is 14.2. The van der Waals surface area contributed by atoms with E-state index in [1.54, 1.807) is 30.3 Å². The summed E-state index contributed by atoms with van der Waals surface area (Å²) in [5.41, 5.74) is 1.14. The smallest absolute Gasteiger partial charge is 0.257 e. The van der Waals surface area contributed by atoms with Gasteiger partial charge in [0.1, 0.15) is 5.75 Å². The minimum absolute atomic E-state index is 0.00977. The fourth-order valence-corrected chi connectivity index (χ4v) is 4.41. The molecule has 0 spiro atoms. The van der Waals surface area contributed by atoms with Crippen LogP contribution in [0.4, 0.5) is 0 Å². The summed E-state index contributed by atoms with van der Waals surface area (Å²) in [4.78, 5) is 27.5. The van der Waals surface area contributed by atoms with Crippen LogP contribution in [0, 0.1) is 5.92 Å². The van der Waals surface area contributed by atoms with Gasteiger partial charge in [-0.25, -0.2) is 0 Å². The van der Waals surface area contributed by atoms with Gasteiger partial charge in [-0.15, -0.1) is 0 Å². The Morgan fingerprint density at radius 2 is 1.93 bits per heavy atom. The number of piperidine rings is 1. The van der Waals surface area contributed by atoms with E-state index in [4.69, 9.17) is 16.3 Å². The standard InChI is InChI=1S/C21H21ClN2O3/c1-27-19-11-15(22)7-8-16(19)21(26)24-12-13-9-17(18(24)10-13)23-20(25)14-5-3-2-4-6-14/h2-8,11,13,17-18H,9-10,12H2,1H3,(H,23,25). The number of nitrogens with one attached hydrogen (secondary N) is 1. The van der Waals surface area contributed by atoms with Crippen molar-refractivity contribution in [3.63, 3.8) is 0 Å². The van der Waals surface area contributed by atoms with Crippen molar-refractivity contribution in [1.82, 2.24) is 10.2 Å². The molecule has 140 valence electrons. The van der Waals surface area contributed by atoms with Crippen molar-refractivity contribution in [2.24, 2.45) is 5.92 Å². The number of rotatable bonds is 4. The number of hydrogen-bond donors (Lipinski definition) is 1. The average Bonchev–Trinajstić information content (AvgIpc) is 3.28. The van der Waals surface area contributed by atoms with E-state index in [2.05, 4.69) is 5.32 Å². The Balaban J connectivity index is 1.51. The van der Waals surface area contributed by atoms with E-state index in [1.165, 1.54) is 7.11 Å². The van der Waals surface area contributed by atoms with Crippen LogP contribution < -0.4 is 10.1 Å². The van der Waals surface area contributed by atoms with Crippen molar-refractivity contribution in [3.8, 4) is 5.75 Å². The van der Waals surface area contributed by atoms with E-state index in [9.17, 15) is 9.59 Å². The minimum Gasteiger partial charge on any atom is -0.496 e. The number of hydrogen-bond acceptors (Lipinski definition) is 3. The van der Waals surface area contributed by atoms with E-state index in [0.29, 0.717) is 34.4 Å². The zero-order chi connectivity index (χ0) is 19.0. The van der Waals surface area contributed by atoms with Crippen molar-refractivity contribution >= 4 is 23.4 Å². The number of carbonyl (C=O) groups excluding carboxylic acids is 2. The van der Waals surface area contributed by atoms with Crippen LogP contribution in [0.3, 0.4) is 0 Å². The largest absolute Gasteiger partial charge is 0.496 e. The van der Waals surface area contributed by atoms with E-state index in [0.717, 1.165) is 12.8 Å². The summed E-state index contributed by atoms with van der Waals surface area (Å²) in [6.45, 7) is 0.715. The first-order valence-corrected chi connectivity index (χ1v) is 9.45. The Labute approximate surface area is 163 Å². The topological polar surface area (TPSA) is 58.6 Å². The van der Waals surface area contributed by atoms with Gasteiger partial charge in [-0.1, -0.05) is 29.8 Å². The van der Waals surface area contributed by atoms with Crippen molar-refractivity contribution in [1.29, 1.82) is 0 Å². The molecule has 3 unspecified atom stereocenters. The van der Waals surface area contributed by atoms with Gasteiger partial charge in [-0.3, -0.25) is 9.59 Å². The highest BCUT2D eigenvalue weighted by Gasteiger charge is 2.47. The zero-order valence-electron chi connectivity index (χ0n) is 15.0. The minimum atomic E-state index is -0.0929. The van der Waals surface area contributed by atoms with Gasteiger partial charge in [0.15, 0.2) is 0 Å². The molecule has 0 aromatic heterocycles. The molecular weight excluding hydrogens is 364 g/mol. The van der Waals surface area contributed by atoms with Gasteiger partial charge in [-0.05, 0) is 49.1 Å². The highest BCUT2D eigenvalue weighted by atomic mass is 35.5. The van der Waals surface area contributed by atoms with Crippen molar-refractivity contribution < 1.29 is 14.3 Å². The van der Waals surface area contributed by atoms with Crippen LogP contribution in [0.5, 0.6) is 5.75 Å². The van der Waals surface area contributed by atoms with Crippen LogP contribution in [-0.2, 0) is 0 Å². The number of amides is 2. The van der Waals surface area contributed by atoms with E-state index < -0.39 is 0 Å². The van der Waals surface area contributed by atoms with Gasteiger partial charge in [0.05, 0.1) is 18.7 Å². The van der Waals surface area contributed by atoms with Crippen molar-refractivity contribution in [2.75, 3.05) is 13.7 Å². The molecule has 1 saturated carbocycles. The second-order valence-corrected chi connectivity index (χ2v) is 7.59. The van der Waals surface area contributed by atoms with Crippen LogP contribution in [0.15, 0.2) is 48.5 Å². The molecule has 2 fully saturated rings. The molecule has 2 amide bonds. The Morgan fingerprint density at radius 3 is 2.63 bits per heavy atom. The molecule has 2 aromatic rings. The maximum atomic E-state index is 13.1. The highest BCUT2D eigenvalue weighted by Crippen LogP contribution is 2.39. The maximum absolute atomic E-state index is 13.1. The fourth-order valence-electron chi connectivity index (χ4n) is 4.25. The number of ether oxygens (including phenoxy) is 1. The Bertz CT molecular complexity index is 871. The molecule has 6 heteroatoms. The van der Waals surface area contributed by atoms with Gasteiger partial charge in [0, 0.05) is 23.2 Å². The molecule has 0 radical (unpaired) electrons. The monoisotopic (exact) mass is 384 g/mol. The number of fused-ring (bicyclic) bond motifs is 2. The van der Waals surface area contributed by atoms with E-state index >= 15 is 0 Å². The molecule has 1 saturated heterocycles. The van der Waals surface area contributed by atoms with E-state index in [-0.39, 0.29) is 23.9 Å². The second kappa shape index (κ2) is 7.24. The number of nitrogens with zero attached hydrogens (tertiary/aromatic N) is 1. The predicted molar refractivity (Wildman–Crippen MR) is 103 cm³/mol. The summed E-state index contributed by atoms with van der Waals surface area (Å²) in [7, 11) is 1.53. The molecule has 2 bridgehead atoms. The third-order valence-corrected chi connectivity index (χ3v) is 5.72. The SMILES string of the molecule is COc1cc(Cl)ccc1C(=O)N1CC2CC(NC(=O)c3ccccc3)C1C2. The molecule has 4 rings (SSSR count). The third-order valence-electron chi connectivity index (χ3n) is 5.49. The molecule has 3 atom stereocenters. The van der Waals surface area contributed by atoms with Crippen molar-refractivity contribution in [2.45, 2.75) is 24.9 Å². The molecule has 1 aliphatic carbocycles. The van der Waals surface area contributed by atoms with Crippen LogP contribution in [0.2, 0.25) is 5.02 Å². The molecule has 2 aliphatic rings. The summed E-state index contributed by atoms with van der Waals surface area (Å²) in [5, 5.41) is 3.64. The lowest BCUT2D eigenvalue weighted by molar-refractivity contribution is 0.0645. The molecule has 1 aliphatic heterocycles. The number of carbonyl (C=O) groups is 2. The lowest BCUT2D eigenvalue weighted by Crippen LogP contribution is -2.52. The predicted octanol–water partition coefficient (Wildman–Crippen LogP) is 3.38. The number of benzene rings is 2. The first-order chi connectivity index (χ1) is 13.1. The van der Waals surface area contributed by atoms with Crippen LogP contribution in [-0.4, -0.2) is 42.5 Å². The van der Waals surface area contributed by atoms with E-state index in [1.807, 2.05) is 23.1 Å². The summed E-state index contributed by atoms with van der Waals surface area (Å²) in [5.74, 6) is 0.720. The van der Waals surface area contributed by atoms with Crippen molar-refractivity contribution in [3.05, 3.63) is 64.7 Å². The number of halogens is 1.